The fourth-order valence-corrected chi connectivity index (χ4v) is 5.57. The van der Waals surface area contributed by atoms with Crippen molar-refractivity contribution in [3.05, 3.63) is 11.6 Å². The highest BCUT2D eigenvalue weighted by atomic mass is 127. The molecule has 0 aromatic rings. The lowest BCUT2D eigenvalue weighted by molar-refractivity contribution is -0.151. The molecular formula is C13H14ClIO3. The van der Waals surface area contributed by atoms with Crippen molar-refractivity contribution in [2.75, 3.05) is 7.11 Å². The van der Waals surface area contributed by atoms with Gasteiger partial charge in [-0.15, -0.1) is 0 Å². The molecule has 0 radical (unpaired) electrons. The minimum Gasteiger partial charge on any atom is -0.468 e. The summed E-state index contributed by atoms with van der Waals surface area (Å²) in [5.41, 5.74) is 0.0884. The first-order valence-corrected chi connectivity index (χ1v) is 7.73. The zero-order valence-electron chi connectivity index (χ0n) is 10.0. The first kappa shape index (κ1) is 12.9. The van der Waals surface area contributed by atoms with Gasteiger partial charge in [-0.3, -0.25) is 9.59 Å². The van der Waals surface area contributed by atoms with Crippen molar-refractivity contribution in [3.63, 3.8) is 0 Å². The summed E-state index contributed by atoms with van der Waals surface area (Å²) >= 11 is 8.24. The molecule has 4 atom stereocenters. The van der Waals surface area contributed by atoms with E-state index < -0.39 is 10.8 Å². The molecule has 0 heterocycles. The highest BCUT2D eigenvalue weighted by Gasteiger charge is 2.63. The Morgan fingerprint density at radius 2 is 2.17 bits per heavy atom. The van der Waals surface area contributed by atoms with Crippen LogP contribution >= 0.6 is 34.2 Å². The number of methoxy groups -OCH3 is 1. The van der Waals surface area contributed by atoms with Crippen LogP contribution in [0.4, 0.5) is 0 Å². The molecule has 0 saturated heterocycles. The second-order valence-corrected chi connectivity index (χ2v) is 7.36. The number of fused-ring (bicyclic) bond motifs is 2. The predicted molar refractivity (Wildman–Crippen MR) is 75.6 cm³/mol. The Bertz CT molecular complexity index is 475. The van der Waals surface area contributed by atoms with Crippen LogP contribution in [0, 0.1) is 16.7 Å². The first-order valence-electron chi connectivity index (χ1n) is 6.11. The Morgan fingerprint density at radius 3 is 2.78 bits per heavy atom. The number of hydrogen-bond acceptors (Lipinski definition) is 3. The van der Waals surface area contributed by atoms with E-state index in [4.69, 9.17) is 16.3 Å². The Kier molecular flexibility index (Phi) is 2.83. The summed E-state index contributed by atoms with van der Waals surface area (Å²) in [5, 5.41) is -0.252. The van der Waals surface area contributed by atoms with Gasteiger partial charge in [0.2, 0.25) is 5.24 Å². The van der Waals surface area contributed by atoms with Gasteiger partial charge in [0, 0.05) is 3.92 Å². The Morgan fingerprint density at radius 1 is 1.44 bits per heavy atom. The van der Waals surface area contributed by atoms with Crippen molar-refractivity contribution >= 4 is 45.4 Å². The van der Waals surface area contributed by atoms with E-state index in [0.29, 0.717) is 22.7 Å². The lowest BCUT2D eigenvalue weighted by Gasteiger charge is -2.41. The van der Waals surface area contributed by atoms with Crippen LogP contribution in [0.1, 0.15) is 25.7 Å². The first-order chi connectivity index (χ1) is 8.45. The normalized spacial score (nSPS) is 44.7. The molecule has 0 aliphatic heterocycles. The minimum absolute atomic E-state index is 0.161. The standard InChI is InChI=1S/C13H14ClIO3/c1-18-11(17)12-2-3-13(10(14)16)5-7(4-12)9(15)8(13)6-12/h6-7,9H,2-5H2,1H3/t7-,9+,12?,13?/m0/s1. The molecule has 18 heavy (non-hydrogen) atoms. The summed E-state index contributed by atoms with van der Waals surface area (Å²) in [5.74, 6) is 0.209. The van der Waals surface area contributed by atoms with E-state index in [9.17, 15) is 9.59 Å². The second-order valence-electron chi connectivity index (χ2n) is 5.67. The molecule has 0 aromatic carbocycles. The summed E-state index contributed by atoms with van der Waals surface area (Å²) in [6.45, 7) is 0. The van der Waals surface area contributed by atoms with Gasteiger partial charge in [0.1, 0.15) is 0 Å². The zero-order valence-corrected chi connectivity index (χ0v) is 13.0. The quantitative estimate of drug-likeness (QED) is 0.243. The molecule has 1 saturated carbocycles. The van der Waals surface area contributed by atoms with Crippen LogP contribution in [-0.4, -0.2) is 22.2 Å². The summed E-state index contributed by atoms with van der Waals surface area (Å²) in [6.07, 6.45) is 4.97. The van der Waals surface area contributed by atoms with Crippen molar-refractivity contribution < 1.29 is 14.3 Å². The highest BCUT2D eigenvalue weighted by molar-refractivity contribution is 14.1. The predicted octanol–water partition coefficient (Wildman–Crippen LogP) is 2.85. The largest absolute Gasteiger partial charge is 0.468 e. The third-order valence-electron chi connectivity index (χ3n) is 4.90. The molecule has 3 aliphatic carbocycles. The third kappa shape index (κ3) is 1.42. The number of alkyl halides is 1. The molecule has 0 N–H and O–H groups in total. The van der Waals surface area contributed by atoms with E-state index in [1.807, 2.05) is 6.08 Å². The van der Waals surface area contributed by atoms with Gasteiger partial charge in [-0.1, -0.05) is 28.7 Å². The molecule has 0 spiro atoms. The van der Waals surface area contributed by atoms with Gasteiger partial charge in [-0.25, -0.2) is 0 Å². The van der Waals surface area contributed by atoms with Crippen LogP contribution in [0.2, 0.25) is 0 Å². The maximum absolute atomic E-state index is 12.1. The molecule has 0 aromatic heterocycles. The molecule has 2 unspecified atom stereocenters. The Hall–Kier alpha value is -0.100. The number of carbonyl (C=O) groups is 2. The number of rotatable bonds is 2. The van der Waals surface area contributed by atoms with Gasteiger partial charge in [0.15, 0.2) is 0 Å². The van der Waals surface area contributed by atoms with Crippen LogP contribution in [0.5, 0.6) is 0 Å². The van der Waals surface area contributed by atoms with Crippen molar-refractivity contribution in [1.82, 2.24) is 0 Å². The van der Waals surface area contributed by atoms with E-state index >= 15 is 0 Å². The second kappa shape index (κ2) is 3.95. The summed E-state index contributed by atoms with van der Waals surface area (Å²) in [6, 6.07) is 0. The van der Waals surface area contributed by atoms with Crippen LogP contribution in [0.15, 0.2) is 11.6 Å². The number of esters is 1. The van der Waals surface area contributed by atoms with Crippen LogP contribution in [0.3, 0.4) is 0 Å². The summed E-state index contributed by atoms with van der Waals surface area (Å²) in [4.78, 5) is 23.9. The maximum atomic E-state index is 12.1. The number of ether oxygens (including phenoxy) is 1. The SMILES string of the molecule is COC(=O)C12C=C3[C@H](I)[C@@H](C1)CC3(C(=O)Cl)CC2. The van der Waals surface area contributed by atoms with E-state index in [2.05, 4.69) is 22.6 Å². The van der Waals surface area contributed by atoms with E-state index in [0.717, 1.165) is 18.4 Å². The van der Waals surface area contributed by atoms with Crippen molar-refractivity contribution in [2.45, 2.75) is 29.6 Å². The zero-order chi connectivity index (χ0) is 13.1. The smallest absolute Gasteiger partial charge is 0.315 e. The minimum atomic E-state index is -0.497. The molecule has 3 aliphatic rings. The molecule has 98 valence electrons. The van der Waals surface area contributed by atoms with Crippen LogP contribution in [-0.2, 0) is 14.3 Å². The molecular weight excluding hydrogens is 366 g/mol. The number of allylic oxidation sites excluding steroid dienone is 1. The molecule has 3 rings (SSSR count). The average molecular weight is 381 g/mol. The Balaban J connectivity index is 2.13. The lowest BCUT2D eigenvalue weighted by Crippen LogP contribution is -2.42. The topological polar surface area (TPSA) is 43.4 Å². The molecule has 0 amide bonds. The lowest BCUT2D eigenvalue weighted by atomic mass is 9.64. The van der Waals surface area contributed by atoms with Gasteiger partial charge < -0.3 is 4.74 Å². The van der Waals surface area contributed by atoms with E-state index in [-0.39, 0.29) is 11.2 Å². The average Bonchev–Trinajstić information content (AvgIpc) is 2.54. The highest BCUT2D eigenvalue weighted by Crippen LogP contribution is 2.65. The van der Waals surface area contributed by atoms with Gasteiger partial charge in [-0.05, 0) is 48.8 Å². The van der Waals surface area contributed by atoms with Crippen LogP contribution in [0.25, 0.3) is 0 Å². The third-order valence-corrected chi connectivity index (χ3v) is 6.95. The molecule has 3 nitrogen and oxygen atoms in total. The van der Waals surface area contributed by atoms with Gasteiger partial charge >= 0.3 is 5.97 Å². The monoisotopic (exact) mass is 380 g/mol. The van der Waals surface area contributed by atoms with E-state index in [1.165, 1.54) is 7.11 Å². The number of carbonyl (C=O) groups excluding carboxylic acids is 2. The van der Waals surface area contributed by atoms with E-state index in [1.54, 1.807) is 0 Å². The summed E-state index contributed by atoms with van der Waals surface area (Å²) < 4.78 is 5.29. The summed E-state index contributed by atoms with van der Waals surface area (Å²) in [7, 11) is 1.43. The number of halogens is 2. The Labute approximate surface area is 124 Å². The van der Waals surface area contributed by atoms with Crippen LogP contribution < -0.4 is 0 Å². The maximum Gasteiger partial charge on any atom is 0.315 e. The van der Waals surface area contributed by atoms with Gasteiger partial charge in [-0.2, -0.15) is 0 Å². The fraction of sp³-hybridized carbons (Fsp3) is 0.692. The number of hydrogen-bond donors (Lipinski definition) is 0. The van der Waals surface area contributed by atoms with Crippen molar-refractivity contribution in [1.29, 1.82) is 0 Å². The fourth-order valence-electron chi connectivity index (χ4n) is 4.00. The molecule has 1 fully saturated rings. The van der Waals surface area contributed by atoms with Crippen molar-refractivity contribution in [3.8, 4) is 0 Å². The van der Waals surface area contributed by atoms with Gasteiger partial charge in [0.25, 0.3) is 0 Å². The molecule has 3 bridgehead atoms. The van der Waals surface area contributed by atoms with Gasteiger partial charge in [0.05, 0.1) is 17.9 Å². The molecule has 5 heteroatoms. The van der Waals surface area contributed by atoms with Crippen molar-refractivity contribution in [2.24, 2.45) is 16.7 Å².